The van der Waals surface area contributed by atoms with E-state index < -0.39 is 46.7 Å². The van der Waals surface area contributed by atoms with Crippen LogP contribution in [0.15, 0.2) is 90.0 Å². The van der Waals surface area contributed by atoms with Crippen LogP contribution in [0.3, 0.4) is 0 Å². The number of aromatic hydroxyl groups is 1. The van der Waals surface area contributed by atoms with Gasteiger partial charge in [0, 0.05) is 18.3 Å². The van der Waals surface area contributed by atoms with Crippen LogP contribution in [0.4, 0.5) is 0 Å². The molecule has 8 heteroatoms. The summed E-state index contributed by atoms with van der Waals surface area (Å²) in [5.74, 6) is -3.37. The molecule has 7 rings (SSSR count). The largest absolute Gasteiger partial charge is 0.508 e. The molecule has 2 heterocycles. The lowest BCUT2D eigenvalue weighted by Gasteiger charge is -2.59. The quantitative estimate of drug-likeness (QED) is 0.348. The summed E-state index contributed by atoms with van der Waals surface area (Å²) in [6.45, 7) is 10.0. The first-order valence-electron chi connectivity index (χ1n) is 15.3. The molecular formula is C36H38O8. The first kappa shape index (κ1) is 29.2. The third kappa shape index (κ3) is 4.19. The summed E-state index contributed by atoms with van der Waals surface area (Å²) in [4.78, 5) is 26.6. The molecule has 3 bridgehead atoms. The molecule has 3 aliphatic carbocycles. The Bertz CT molecular complexity index is 1590. The predicted octanol–water partition coefficient (Wildman–Crippen LogP) is 4.74. The average Bonchev–Trinajstić information content (AvgIpc) is 3.29. The Morgan fingerprint density at radius 3 is 2.50 bits per heavy atom. The number of ether oxygens (including phenoxy) is 4. The van der Waals surface area contributed by atoms with Gasteiger partial charge in [-0.3, -0.25) is 9.59 Å². The van der Waals surface area contributed by atoms with Crippen molar-refractivity contribution in [2.75, 3.05) is 6.61 Å². The molecule has 0 aromatic heterocycles. The highest BCUT2D eigenvalue weighted by Gasteiger charge is 2.79. The van der Waals surface area contributed by atoms with Crippen LogP contribution in [0.2, 0.25) is 0 Å². The summed E-state index contributed by atoms with van der Waals surface area (Å²) >= 11 is 0. The number of hydrogen-bond acceptors (Lipinski definition) is 8. The molecule has 2 aliphatic heterocycles. The second kappa shape index (κ2) is 9.97. The van der Waals surface area contributed by atoms with E-state index in [2.05, 4.69) is 13.5 Å². The van der Waals surface area contributed by atoms with Gasteiger partial charge in [0.05, 0.1) is 18.4 Å². The highest BCUT2D eigenvalue weighted by molar-refractivity contribution is 6.04. The van der Waals surface area contributed by atoms with Crippen molar-refractivity contribution in [3.05, 3.63) is 101 Å². The van der Waals surface area contributed by atoms with Gasteiger partial charge in [0.2, 0.25) is 0 Å². The van der Waals surface area contributed by atoms with E-state index in [0.717, 1.165) is 11.1 Å². The van der Waals surface area contributed by atoms with Crippen molar-refractivity contribution in [1.29, 1.82) is 0 Å². The summed E-state index contributed by atoms with van der Waals surface area (Å²) < 4.78 is 26.5. The number of rotatable bonds is 7. The number of esters is 1. The van der Waals surface area contributed by atoms with Crippen molar-refractivity contribution in [2.24, 2.45) is 17.8 Å². The van der Waals surface area contributed by atoms with E-state index in [9.17, 15) is 19.8 Å². The Balaban J connectivity index is 1.29. The van der Waals surface area contributed by atoms with Crippen LogP contribution >= 0.6 is 0 Å². The first-order valence-corrected chi connectivity index (χ1v) is 15.3. The minimum Gasteiger partial charge on any atom is -0.508 e. The zero-order valence-corrected chi connectivity index (χ0v) is 25.2. The summed E-state index contributed by atoms with van der Waals surface area (Å²) in [6.07, 6.45) is 4.28. The highest BCUT2D eigenvalue weighted by Crippen LogP contribution is 2.68. The Morgan fingerprint density at radius 2 is 1.80 bits per heavy atom. The third-order valence-electron chi connectivity index (χ3n) is 10.4. The molecule has 230 valence electrons. The Morgan fingerprint density at radius 1 is 1.07 bits per heavy atom. The summed E-state index contributed by atoms with van der Waals surface area (Å²) in [5.41, 5.74) is -0.0509. The maximum absolute atomic E-state index is 13.7. The van der Waals surface area contributed by atoms with E-state index in [4.69, 9.17) is 18.9 Å². The number of phenols is 1. The van der Waals surface area contributed by atoms with Gasteiger partial charge in [-0.05, 0) is 66.2 Å². The number of hydrogen-bond donors (Lipinski definition) is 2. The smallest absolute Gasteiger partial charge is 0.310 e. The molecular weight excluding hydrogens is 560 g/mol. The zero-order chi connectivity index (χ0) is 31.1. The van der Waals surface area contributed by atoms with Gasteiger partial charge in [-0.2, -0.15) is 0 Å². The number of fused-ring (bicyclic) bond motifs is 2. The number of benzene rings is 2. The van der Waals surface area contributed by atoms with E-state index in [1.165, 1.54) is 12.1 Å². The van der Waals surface area contributed by atoms with Gasteiger partial charge in [0.15, 0.2) is 5.78 Å². The number of Topliss-reactive ketones (excluding diaryl/α,β-unsaturated/α-hetero) is 1. The maximum Gasteiger partial charge on any atom is 0.310 e. The van der Waals surface area contributed by atoms with Crippen molar-refractivity contribution < 1.29 is 38.7 Å². The van der Waals surface area contributed by atoms with Crippen molar-refractivity contribution >= 4 is 11.8 Å². The van der Waals surface area contributed by atoms with Gasteiger partial charge in [0.1, 0.15) is 29.7 Å². The molecule has 8 atom stereocenters. The van der Waals surface area contributed by atoms with Crippen LogP contribution in [0.25, 0.3) is 0 Å². The molecule has 2 saturated heterocycles. The van der Waals surface area contributed by atoms with Crippen LogP contribution in [-0.4, -0.2) is 57.5 Å². The van der Waals surface area contributed by atoms with Gasteiger partial charge in [-0.15, -0.1) is 0 Å². The summed E-state index contributed by atoms with van der Waals surface area (Å²) in [6, 6.07) is 16.2. The number of phenolic OH excluding ortho intramolecular Hbond substituents is 1. The standard InChI is InChI=1S/C36H38O8/c1-21(2)34-17-23(4)36-28(32(34)42-35(43-34,44-36)19-25-8-6-5-7-9-25)15-26(18-33(40)29(36)14-22(3)31(33)39)20-41-30(38)16-24-10-12-27(37)13-11-24/h5-15,23,28-29,32,37,40H,1,16-20H2,2-4H3/t23-,28+,29+,32-,33-,34-,35+,36-/m1/s1. The lowest BCUT2D eigenvalue weighted by molar-refractivity contribution is -0.421. The second-order valence-electron chi connectivity index (χ2n) is 13.3. The first-order chi connectivity index (χ1) is 20.9. The topological polar surface area (TPSA) is 112 Å². The van der Waals surface area contributed by atoms with E-state index in [-0.39, 0.29) is 36.9 Å². The van der Waals surface area contributed by atoms with Gasteiger partial charge < -0.3 is 29.2 Å². The van der Waals surface area contributed by atoms with Gasteiger partial charge >= 0.3 is 5.97 Å². The number of aliphatic hydroxyl groups is 1. The lowest BCUT2D eigenvalue weighted by atomic mass is 9.55. The van der Waals surface area contributed by atoms with E-state index >= 15 is 0 Å². The van der Waals surface area contributed by atoms with Crippen molar-refractivity contribution in [2.45, 2.75) is 75.3 Å². The van der Waals surface area contributed by atoms with Gasteiger partial charge in [-0.1, -0.05) is 68.1 Å². The predicted molar refractivity (Wildman–Crippen MR) is 160 cm³/mol. The van der Waals surface area contributed by atoms with E-state index in [1.807, 2.05) is 49.4 Å². The fourth-order valence-corrected chi connectivity index (χ4v) is 8.49. The van der Waals surface area contributed by atoms with Crippen molar-refractivity contribution in [3.8, 4) is 5.75 Å². The minimum absolute atomic E-state index is 0.00446. The van der Waals surface area contributed by atoms with Crippen LogP contribution in [0.5, 0.6) is 5.75 Å². The lowest BCUT2D eigenvalue weighted by Crippen LogP contribution is -2.70. The molecule has 5 aliphatic rings. The molecule has 44 heavy (non-hydrogen) atoms. The molecule has 8 nitrogen and oxygen atoms in total. The Hall–Kier alpha value is -3.56. The highest BCUT2D eigenvalue weighted by atomic mass is 16.9. The third-order valence-corrected chi connectivity index (χ3v) is 10.4. The van der Waals surface area contributed by atoms with Crippen molar-refractivity contribution in [1.82, 2.24) is 0 Å². The molecule has 2 N–H and O–H groups in total. The molecule has 0 spiro atoms. The SMILES string of the molecule is C=C(C)[C@]12C[C@@H](C)[C@@]34O[C@@](Cc5ccccc5)(O[C@@H]1[C@@H]3C=C(COC(=O)Cc1ccc(O)cc1)C[C@]1(O)C(=O)C(C)=C[C@H]41)O2. The molecule has 0 amide bonds. The Kier molecular flexibility index (Phi) is 6.61. The van der Waals surface area contributed by atoms with Crippen LogP contribution in [0.1, 0.15) is 44.7 Å². The van der Waals surface area contributed by atoms with Crippen LogP contribution in [-0.2, 0) is 41.4 Å². The molecule has 3 fully saturated rings. The molecule has 2 aromatic rings. The minimum atomic E-state index is -1.78. The molecule has 0 radical (unpaired) electrons. The maximum atomic E-state index is 13.7. The number of carbonyl (C=O) groups is 2. The second-order valence-corrected chi connectivity index (χ2v) is 13.3. The summed E-state index contributed by atoms with van der Waals surface area (Å²) in [5, 5.41) is 21.9. The van der Waals surface area contributed by atoms with Crippen LogP contribution in [0, 0.1) is 17.8 Å². The average molecular weight is 599 g/mol. The molecule has 2 aromatic carbocycles. The number of ketones is 1. The van der Waals surface area contributed by atoms with Gasteiger partial charge in [-0.25, -0.2) is 0 Å². The fourth-order valence-electron chi connectivity index (χ4n) is 8.49. The number of carbonyl (C=O) groups excluding carboxylic acids is 2. The molecule has 0 unspecified atom stereocenters. The van der Waals surface area contributed by atoms with Crippen molar-refractivity contribution in [3.63, 3.8) is 0 Å². The Labute approximate surface area is 257 Å². The normalized spacial score (nSPS) is 38.3. The zero-order valence-electron chi connectivity index (χ0n) is 25.2. The van der Waals surface area contributed by atoms with Gasteiger partial charge in [0.25, 0.3) is 5.97 Å². The van der Waals surface area contributed by atoms with E-state index in [0.29, 0.717) is 29.6 Å². The van der Waals surface area contributed by atoms with E-state index in [1.54, 1.807) is 19.1 Å². The fraction of sp³-hybridized carbons (Fsp3) is 0.444. The monoisotopic (exact) mass is 598 g/mol. The molecule has 1 saturated carbocycles. The van der Waals surface area contributed by atoms with Crippen LogP contribution < -0.4 is 0 Å². The summed E-state index contributed by atoms with van der Waals surface area (Å²) in [7, 11) is 0.